The molecular weight excluding hydrogens is 440 g/mol. The fourth-order valence-electron chi connectivity index (χ4n) is 4.33. The Bertz CT molecular complexity index is 1250. The van der Waals surface area contributed by atoms with E-state index in [4.69, 9.17) is 4.74 Å². The Hall–Kier alpha value is -3.93. The molecule has 4 rings (SSSR count). The zero-order valence-electron chi connectivity index (χ0n) is 20.3. The minimum atomic E-state index is -0.775. The maximum Gasteiger partial charge on any atom is 0.300 e. The lowest BCUT2D eigenvalue weighted by molar-refractivity contribution is -0.132. The van der Waals surface area contributed by atoms with Gasteiger partial charge in [-0.3, -0.25) is 19.5 Å². The topological polar surface area (TPSA) is 79.7 Å². The summed E-state index contributed by atoms with van der Waals surface area (Å²) in [5.74, 6) is -0.905. The number of rotatable bonds is 8. The van der Waals surface area contributed by atoms with Crippen LogP contribution in [0.5, 0.6) is 5.75 Å². The van der Waals surface area contributed by atoms with Crippen LogP contribution in [0.2, 0.25) is 0 Å². The third-order valence-electron chi connectivity index (χ3n) is 6.23. The van der Waals surface area contributed by atoms with Crippen molar-refractivity contribution < 1.29 is 19.4 Å². The number of Topliss-reactive ketones (excluding diaryl/α,β-unsaturated/α-hetero) is 1. The number of hydrogen-bond acceptors (Lipinski definition) is 5. The summed E-state index contributed by atoms with van der Waals surface area (Å²) in [5, 5.41) is 11.3. The van der Waals surface area contributed by atoms with E-state index >= 15 is 0 Å². The highest BCUT2D eigenvalue weighted by atomic mass is 16.5. The van der Waals surface area contributed by atoms with E-state index in [0.717, 1.165) is 30.4 Å². The van der Waals surface area contributed by atoms with Gasteiger partial charge in [-0.15, -0.1) is 0 Å². The van der Waals surface area contributed by atoms with Gasteiger partial charge in [-0.05, 0) is 79.4 Å². The molecule has 1 aliphatic heterocycles. The molecule has 3 aromatic rings. The fourth-order valence-corrected chi connectivity index (χ4v) is 4.33. The molecule has 35 heavy (non-hydrogen) atoms. The van der Waals surface area contributed by atoms with Crippen molar-refractivity contribution in [1.82, 2.24) is 4.98 Å². The van der Waals surface area contributed by atoms with E-state index in [9.17, 15) is 14.7 Å². The van der Waals surface area contributed by atoms with E-state index in [2.05, 4.69) is 11.9 Å². The third kappa shape index (κ3) is 4.97. The Morgan fingerprint density at radius 1 is 1.00 bits per heavy atom. The first-order valence-corrected chi connectivity index (χ1v) is 11.9. The fraction of sp³-hybridized carbons (Fsp3) is 0.276. The predicted octanol–water partition coefficient (Wildman–Crippen LogP) is 5.89. The standard InChI is InChI=1S/C29H30N2O4/c1-4-5-6-17-35-23-11-9-22(10-12-23)27(32)25-26(21-13-15-30-16-14-21)31(29(34)28(25)33)24-18-19(2)7-8-20(24)3/h7-16,18,26,32H,4-6,17H2,1-3H3/b27-25+. The highest BCUT2D eigenvalue weighted by Gasteiger charge is 2.47. The van der Waals surface area contributed by atoms with Gasteiger partial charge in [0.2, 0.25) is 0 Å². The number of aromatic nitrogens is 1. The summed E-state index contributed by atoms with van der Waals surface area (Å²) in [6.45, 7) is 6.60. The molecule has 1 aromatic heterocycles. The van der Waals surface area contributed by atoms with Gasteiger partial charge in [0.15, 0.2) is 0 Å². The van der Waals surface area contributed by atoms with Crippen LogP contribution in [0, 0.1) is 13.8 Å². The van der Waals surface area contributed by atoms with Crippen LogP contribution >= 0.6 is 0 Å². The number of aliphatic hydroxyl groups is 1. The van der Waals surface area contributed by atoms with Crippen molar-refractivity contribution in [1.29, 1.82) is 0 Å². The second-order valence-electron chi connectivity index (χ2n) is 8.82. The summed E-state index contributed by atoms with van der Waals surface area (Å²) in [5.41, 5.74) is 3.67. The minimum Gasteiger partial charge on any atom is -0.507 e. The molecular formula is C29H30N2O4. The van der Waals surface area contributed by atoms with Gasteiger partial charge in [0.05, 0.1) is 18.2 Å². The van der Waals surface area contributed by atoms with Crippen LogP contribution in [0.25, 0.3) is 5.76 Å². The first-order chi connectivity index (χ1) is 16.9. The number of ether oxygens (including phenoxy) is 1. The van der Waals surface area contributed by atoms with Gasteiger partial charge in [0.1, 0.15) is 11.5 Å². The lowest BCUT2D eigenvalue weighted by Crippen LogP contribution is -2.30. The van der Waals surface area contributed by atoms with E-state index in [1.807, 2.05) is 32.0 Å². The zero-order chi connectivity index (χ0) is 24.9. The van der Waals surface area contributed by atoms with E-state index in [1.165, 1.54) is 4.90 Å². The summed E-state index contributed by atoms with van der Waals surface area (Å²) < 4.78 is 5.76. The molecule has 6 heteroatoms. The SMILES string of the molecule is CCCCCOc1ccc(/C(O)=C2\C(=O)C(=O)N(c3cc(C)ccc3C)C2c2ccncc2)cc1. The molecule has 0 saturated carbocycles. The number of aryl methyl sites for hydroxylation is 2. The number of carbonyl (C=O) groups excluding carboxylic acids is 2. The summed E-state index contributed by atoms with van der Waals surface area (Å²) in [4.78, 5) is 32.2. The quantitative estimate of drug-likeness (QED) is 0.192. The van der Waals surface area contributed by atoms with Crippen molar-refractivity contribution >= 4 is 23.1 Å². The van der Waals surface area contributed by atoms with Gasteiger partial charge in [-0.25, -0.2) is 0 Å². The van der Waals surface area contributed by atoms with E-state index in [-0.39, 0.29) is 11.3 Å². The molecule has 0 spiro atoms. The second kappa shape index (κ2) is 10.6. The summed E-state index contributed by atoms with van der Waals surface area (Å²) in [6.07, 6.45) is 6.43. The molecule has 2 heterocycles. The molecule has 0 bridgehead atoms. The number of aliphatic hydroxyl groups excluding tert-OH is 1. The van der Waals surface area contributed by atoms with Crippen molar-refractivity contribution in [2.45, 2.75) is 46.1 Å². The average Bonchev–Trinajstić information content (AvgIpc) is 3.14. The molecule has 2 aromatic carbocycles. The largest absolute Gasteiger partial charge is 0.507 e. The van der Waals surface area contributed by atoms with Gasteiger partial charge in [-0.2, -0.15) is 0 Å². The lowest BCUT2D eigenvalue weighted by atomic mass is 9.95. The van der Waals surface area contributed by atoms with Crippen molar-refractivity contribution in [3.05, 3.63) is 94.8 Å². The Morgan fingerprint density at radius 2 is 1.71 bits per heavy atom. The van der Waals surface area contributed by atoms with Gasteiger partial charge >= 0.3 is 0 Å². The number of anilines is 1. The zero-order valence-corrected chi connectivity index (χ0v) is 20.3. The van der Waals surface area contributed by atoms with Crippen LogP contribution < -0.4 is 9.64 Å². The lowest BCUT2D eigenvalue weighted by Gasteiger charge is -2.27. The number of unbranched alkanes of at least 4 members (excludes halogenated alkanes) is 2. The number of nitrogens with zero attached hydrogens (tertiary/aromatic N) is 2. The smallest absolute Gasteiger partial charge is 0.300 e. The molecule has 1 unspecified atom stereocenters. The summed E-state index contributed by atoms with van der Waals surface area (Å²) in [7, 11) is 0. The van der Waals surface area contributed by atoms with Gasteiger partial charge < -0.3 is 9.84 Å². The third-order valence-corrected chi connectivity index (χ3v) is 6.23. The van der Waals surface area contributed by atoms with Gasteiger partial charge in [-0.1, -0.05) is 31.9 Å². The summed E-state index contributed by atoms with van der Waals surface area (Å²) in [6, 6.07) is 15.5. The Morgan fingerprint density at radius 3 is 2.40 bits per heavy atom. The van der Waals surface area contributed by atoms with Gasteiger partial charge in [0, 0.05) is 23.6 Å². The van der Waals surface area contributed by atoms with Crippen molar-refractivity contribution in [3.63, 3.8) is 0 Å². The monoisotopic (exact) mass is 470 g/mol. The number of amides is 1. The van der Waals surface area contributed by atoms with E-state index < -0.39 is 17.7 Å². The molecule has 1 N–H and O–H groups in total. The normalized spacial score (nSPS) is 17.1. The van der Waals surface area contributed by atoms with Crippen molar-refractivity contribution in [2.24, 2.45) is 0 Å². The van der Waals surface area contributed by atoms with Crippen LogP contribution in [0.15, 0.2) is 72.6 Å². The second-order valence-corrected chi connectivity index (χ2v) is 8.82. The Labute approximate surface area is 205 Å². The molecule has 0 radical (unpaired) electrons. The maximum atomic E-state index is 13.3. The number of ketones is 1. The first kappa shape index (κ1) is 24.2. The molecule has 1 fully saturated rings. The summed E-state index contributed by atoms with van der Waals surface area (Å²) >= 11 is 0. The van der Waals surface area contributed by atoms with Crippen LogP contribution in [-0.4, -0.2) is 28.4 Å². The maximum absolute atomic E-state index is 13.3. The van der Waals surface area contributed by atoms with E-state index in [1.54, 1.807) is 48.8 Å². The van der Waals surface area contributed by atoms with Crippen LogP contribution in [0.1, 0.15) is 54.5 Å². The Kier molecular flexibility index (Phi) is 7.30. The number of hydrogen-bond donors (Lipinski definition) is 1. The molecule has 6 nitrogen and oxygen atoms in total. The van der Waals surface area contributed by atoms with Crippen LogP contribution in [0.4, 0.5) is 5.69 Å². The number of benzene rings is 2. The van der Waals surface area contributed by atoms with E-state index in [0.29, 0.717) is 29.2 Å². The molecule has 1 aliphatic rings. The highest BCUT2D eigenvalue weighted by molar-refractivity contribution is 6.51. The van der Waals surface area contributed by atoms with Crippen LogP contribution in [0.3, 0.4) is 0 Å². The number of carbonyl (C=O) groups is 2. The average molecular weight is 471 g/mol. The molecule has 1 amide bonds. The highest BCUT2D eigenvalue weighted by Crippen LogP contribution is 2.43. The van der Waals surface area contributed by atoms with Crippen molar-refractivity contribution in [2.75, 3.05) is 11.5 Å². The van der Waals surface area contributed by atoms with Crippen molar-refractivity contribution in [3.8, 4) is 5.75 Å². The minimum absolute atomic E-state index is 0.0544. The number of pyridine rings is 1. The molecule has 1 saturated heterocycles. The van der Waals surface area contributed by atoms with Crippen LogP contribution in [-0.2, 0) is 9.59 Å². The van der Waals surface area contributed by atoms with Gasteiger partial charge in [0.25, 0.3) is 11.7 Å². The molecule has 180 valence electrons. The molecule has 1 atom stereocenters. The Balaban J connectivity index is 1.77. The molecule has 0 aliphatic carbocycles. The predicted molar refractivity (Wildman–Crippen MR) is 136 cm³/mol. The first-order valence-electron chi connectivity index (χ1n) is 11.9.